The van der Waals surface area contributed by atoms with Crippen molar-refractivity contribution in [2.75, 3.05) is 5.32 Å². The van der Waals surface area contributed by atoms with Crippen molar-refractivity contribution in [1.82, 2.24) is 0 Å². The molecular formula is C19H21NO4. The predicted octanol–water partition coefficient (Wildman–Crippen LogP) is 3.99. The molecule has 0 aliphatic carbocycles. The number of carbonyl (C=O) groups is 2. The molecule has 0 unspecified atom stereocenters. The van der Waals surface area contributed by atoms with Crippen molar-refractivity contribution in [3.8, 4) is 5.75 Å². The molecule has 24 heavy (non-hydrogen) atoms. The molecule has 0 aliphatic heterocycles. The number of nitrogens with one attached hydrogen (secondary N) is 1. The first-order valence-corrected chi connectivity index (χ1v) is 7.85. The van der Waals surface area contributed by atoms with Gasteiger partial charge in [-0.2, -0.15) is 0 Å². The Morgan fingerprint density at radius 1 is 1.17 bits per heavy atom. The third kappa shape index (κ3) is 4.13. The van der Waals surface area contributed by atoms with Crippen molar-refractivity contribution in [3.05, 3.63) is 59.2 Å². The highest BCUT2D eigenvalue weighted by atomic mass is 16.5. The number of ether oxygens (including phenoxy) is 1. The van der Waals surface area contributed by atoms with Crippen molar-refractivity contribution >= 4 is 17.6 Å². The van der Waals surface area contributed by atoms with E-state index >= 15 is 0 Å². The van der Waals surface area contributed by atoms with Crippen molar-refractivity contribution in [1.29, 1.82) is 0 Å². The fourth-order valence-electron chi connectivity index (χ4n) is 2.36. The SMILES string of the molecule is CCc1ccccc1C(=O)Nc1cc(C(=O)O)ccc1OC(C)C. The lowest BCUT2D eigenvalue weighted by atomic mass is 10.0. The minimum absolute atomic E-state index is 0.0881. The maximum absolute atomic E-state index is 12.6. The normalized spacial score (nSPS) is 10.5. The van der Waals surface area contributed by atoms with Crippen molar-refractivity contribution in [2.24, 2.45) is 0 Å². The number of rotatable bonds is 6. The highest BCUT2D eigenvalue weighted by Gasteiger charge is 2.15. The van der Waals surface area contributed by atoms with E-state index in [4.69, 9.17) is 9.84 Å². The van der Waals surface area contributed by atoms with Crippen molar-refractivity contribution in [3.63, 3.8) is 0 Å². The summed E-state index contributed by atoms with van der Waals surface area (Å²) in [6.07, 6.45) is 0.632. The molecule has 5 heteroatoms. The van der Waals surface area contributed by atoms with Gasteiger partial charge in [0.2, 0.25) is 0 Å². The van der Waals surface area contributed by atoms with Crippen molar-refractivity contribution in [2.45, 2.75) is 33.3 Å². The predicted molar refractivity (Wildman–Crippen MR) is 92.9 cm³/mol. The van der Waals surface area contributed by atoms with E-state index in [1.807, 2.05) is 32.9 Å². The van der Waals surface area contributed by atoms with Gasteiger partial charge in [0.25, 0.3) is 5.91 Å². The van der Waals surface area contributed by atoms with Gasteiger partial charge < -0.3 is 15.2 Å². The quantitative estimate of drug-likeness (QED) is 0.841. The van der Waals surface area contributed by atoms with E-state index < -0.39 is 5.97 Å². The number of carbonyl (C=O) groups excluding carboxylic acids is 1. The molecule has 0 bridgehead atoms. The number of benzene rings is 2. The van der Waals surface area contributed by atoms with E-state index in [-0.39, 0.29) is 17.6 Å². The van der Waals surface area contributed by atoms with E-state index in [2.05, 4.69) is 5.32 Å². The van der Waals surface area contributed by atoms with Gasteiger partial charge in [-0.25, -0.2) is 4.79 Å². The van der Waals surface area contributed by atoms with Gasteiger partial charge >= 0.3 is 5.97 Å². The maximum Gasteiger partial charge on any atom is 0.335 e. The van der Waals surface area contributed by atoms with Gasteiger partial charge in [-0.05, 0) is 50.1 Å². The van der Waals surface area contributed by atoms with E-state index in [1.54, 1.807) is 18.2 Å². The van der Waals surface area contributed by atoms with Gasteiger partial charge in [0.05, 0.1) is 17.4 Å². The van der Waals surface area contributed by atoms with Crippen LogP contribution in [-0.2, 0) is 6.42 Å². The van der Waals surface area contributed by atoms with Gasteiger partial charge in [0.15, 0.2) is 0 Å². The van der Waals surface area contributed by atoms with Crippen LogP contribution in [0.2, 0.25) is 0 Å². The second-order valence-corrected chi connectivity index (χ2v) is 5.65. The van der Waals surface area contributed by atoms with Crippen molar-refractivity contribution < 1.29 is 19.4 Å². The Bertz CT molecular complexity index is 753. The summed E-state index contributed by atoms with van der Waals surface area (Å²) in [7, 11) is 0. The standard InChI is InChI=1S/C19H21NO4/c1-4-13-7-5-6-8-15(13)18(21)20-16-11-14(19(22)23)9-10-17(16)24-12(2)3/h5-12H,4H2,1-3H3,(H,20,21)(H,22,23). The highest BCUT2D eigenvalue weighted by molar-refractivity contribution is 6.06. The summed E-state index contributed by atoms with van der Waals surface area (Å²) < 4.78 is 5.67. The lowest BCUT2D eigenvalue weighted by molar-refractivity contribution is 0.0696. The van der Waals surface area contributed by atoms with Gasteiger partial charge in [-0.15, -0.1) is 0 Å². The molecule has 126 valence electrons. The van der Waals surface area contributed by atoms with Crippen LogP contribution in [0, 0.1) is 0 Å². The number of carboxylic acids is 1. The van der Waals surface area contributed by atoms with Gasteiger partial charge in [-0.3, -0.25) is 4.79 Å². The number of aromatic carboxylic acids is 1. The summed E-state index contributed by atoms with van der Waals surface area (Å²) in [6.45, 7) is 5.71. The van der Waals surface area contributed by atoms with E-state index in [0.29, 0.717) is 17.0 Å². The van der Waals surface area contributed by atoms with Crippen LogP contribution in [0.25, 0.3) is 0 Å². The van der Waals surface area contributed by atoms with E-state index in [9.17, 15) is 9.59 Å². The zero-order chi connectivity index (χ0) is 17.7. The number of anilines is 1. The molecular weight excluding hydrogens is 306 g/mol. The highest BCUT2D eigenvalue weighted by Crippen LogP contribution is 2.28. The number of carboxylic acid groups (broad SMARTS) is 1. The monoisotopic (exact) mass is 327 g/mol. The van der Waals surface area contributed by atoms with Crippen LogP contribution in [0.4, 0.5) is 5.69 Å². The molecule has 0 aromatic heterocycles. The molecule has 5 nitrogen and oxygen atoms in total. The summed E-state index contributed by atoms with van der Waals surface area (Å²) >= 11 is 0. The summed E-state index contributed by atoms with van der Waals surface area (Å²) in [5.41, 5.74) is 1.93. The number of hydrogen-bond donors (Lipinski definition) is 2. The third-order valence-electron chi connectivity index (χ3n) is 3.48. The van der Waals surface area contributed by atoms with Crippen LogP contribution in [0.5, 0.6) is 5.75 Å². The van der Waals surface area contributed by atoms with Gasteiger partial charge in [-0.1, -0.05) is 25.1 Å². The largest absolute Gasteiger partial charge is 0.489 e. The van der Waals surface area contributed by atoms with Crippen LogP contribution < -0.4 is 10.1 Å². The fourth-order valence-corrected chi connectivity index (χ4v) is 2.36. The van der Waals surface area contributed by atoms with E-state index in [1.165, 1.54) is 12.1 Å². The molecule has 0 saturated carbocycles. The van der Waals surface area contributed by atoms with Crippen LogP contribution >= 0.6 is 0 Å². The number of hydrogen-bond acceptors (Lipinski definition) is 3. The third-order valence-corrected chi connectivity index (χ3v) is 3.48. The molecule has 0 radical (unpaired) electrons. The second kappa shape index (κ2) is 7.64. The summed E-state index contributed by atoms with van der Waals surface area (Å²) in [6, 6.07) is 11.8. The van der Waals surface area contributed by atoms with E-state index in [0.717, 1.165) is 12.0 Å². The van der Waals surface area contributed by atoms with Crippen LogP contribution in [-0.4, -0.2) is 23.1 Å². The molecule has 0 fully saturated rings. The smallest absolute Gasteiger partial charge is 0.335 e. The Balaban J connectivity index is 2.37. The first-order valence-electron chi connectivity index (χ1n) is 7.85. The van der Waals surface area contributed by atoms with Crippen LogP contribution in [0.3, 0.4) is 0 Å². The van der Waals surface area contributed by atoms with Crippen LogP contribution in [0.15, 0.2) is 42.5 Å². The Morgan fingerprint density at radius 3 is 2.50 bits per heavy atom. The number of amides is 1. The average molecular weight is 327 g/mol. The molecule has 0 saturated heterocycles. The summed E-state index contributed by atoms with van der Waals surface area (Å²) in [4.78, 5) is 23.8. The molecule has 2 aromatic rings. The second-order valence-electron chi connectivity index (χ2n) is 5.65. The van der Waals surface area contributed by atoms with Crippen LogP contribution in [0.1, 0.15) is 47.1 Å². The molecule has 0 atom stereocenters. The average Bonchev–Trinajstić information content (AvgIpc) is 2.55. The Hall–Kier alpha value is -2.82. The first-order chi connectivity index (χ1) is 11.4. The van der Waals surface area contributed by atoms with Gasteiger partial charge in [0.1, 0.15) is 5.75 Å². The minimum atomic E-state index is -1.06. The fraction of sp³-hybridized carbons (Fsp3) is 0.263. The molecule has 1 amide bonds. The Labute approximate surface area is 141 Å². The lowest BCUT2D eigenvalue weighted by Crippen LogP contribution is -2.16. The first kappa shape index (κ1) is 17.5. The molecule has 2 aromatic carbocycles. The zero-order valence-electron chi connectivity index (χ0n) is 14.0. The molecule has 0 spiro atoms. The topological polar surface area (TPSA) is 75.6 Å². The summed E-state index contributed by atoms with van der Waals surface area (Å²) in [5, 5.41) is 11.9. The molecule has 2 rings (SSSR count). The molecule has 0 heterocycles. The minimum Gasteiger partial charge on any atom is -0.489 e. The zero-order valence-corrected chi connectivity index (χ0v) is 14.0. The lowest BCUT2D eigenvalue weighted by Gasteiger charge is -2.16. The number of aryl methyl sites for hydroxylation is 1. The Kier molecular flexibility index (Phi) is 5.58. The maximum atomic E-state index is 12.6. The Morgan fingerprint density at radius 2 is 1.88 bits per heavy atom. The summed E-state index contributed by atoms with van der Waals surface area (Å²) in [5.74, 6) is -0.906. The van der Waals surface area contributed by atoms with Gasteiger partial charge in [0, 0.05) is 5.56 Å². The molecule has 2 N–H and O–H groups in total. The molecule has 0 aliphatic rings.